The molecule has 0 spiro atoms. The molecule has 0 aliphatic heterocycles. The summed E-state index contributed by atoms with van der Waals surface area (Å²) in [5.41, 5.74) is 6.68. The number of aromatic hydroxyl groups is 2. The first-order chi connectivity index (χ1) is 6.93. The molecular formula is C12H17NO2. The van der Waals surface area contributed by atoms with Crippen molar-refractivity contribution in [1.29, 1.82) is 0 Å². The van der Waals surface area contributed by atoms with E-state index in [4.69, 9.17) is 5.73 Å². The second-order valence-corrected chi connectivity index (χ2v) is 5.05. The molecular weight excluding hydrogens is 190 g/mol. The van der Waals surface area contributed by atoms with Crippen molar-refractivity contribution in [3.63, 3.8) is 0 Å². The van der Waals surface area contributed by atoms with E-state index in [1.807, 2.05) is 0 Å². The molecule has 1 saturated carbocycles. The van der Waals surface area contributed by atoms with Crippen LogP contribution in [0.1, 0.15) is 25.8 Å². The Hall–Kier alpha value is -1.22. The number of hydrogen-bond donors (Lipinski definition) is 3. The molecule has 82 valence electrons. The van der Waals surface area contributed by atoms with E-state index in [1.165, 1.54) is 6.07 Å². The normalized spacial score (nSPS) is 27.7. The fraction of sp³-hybridized carbons (Fsp3) is 0.500. The van der Waals surface area contributed by atoms with E-state index in [9.17, 15) is 10.2 Å². The summed E-state index contributed by atoms with van der Waals surface area (Å²) < 4.78 is 0. The molecule has 0 saturated heterocycles. The standard InChI is InChI=1S/C12H17NO2/c1-11(2)6-12(11,7-13)9-4-3-8(14)5-10(9)15/h3-5,14-15H,6-7,13H2,1-2H3. The highest BCUT2D eigenvalue weighted by molar-refractivity contribution is 5.49. The molecule has 0 bridgehead atoms. The Balaban J connectivity index is 2.46. The van der Waals surface area contributed by atoms with E-state index in [1.54, 1.807) is 12.1 Å². The van der Waals surface area contributed by atoms with Crippen molar-refractivity contribution >= 4 is 0 Å². The third kappa shape index (κ3) is 1.30. The predicted octanol–water partition coefficient (Wildman–Crippen LogP) is 1.72. The summed E-state index contributed by atoms with van der Waals surface area (Å²) in [6, 6.07) is 4.74. The number of phenols is 2. The molecule has 4 N–H and O–H groups in total. The molecule has 15 heavy (non-hydrogen) atoms. The van der Waals surface area contributed by atoms with Crippen LogP contribution in [-0.2, 0) is 5.41 Å². The summed E-state index contributed by atoms with van der Waals surface area (Å²) >= 11 is 0. The SMILES string of the molecule is CC1(C)CC1(CN)c1ccc(O)cc1O. The second kappa shape index (κ2) is 2.89. The average Bonchev–Trinajstić information content (AvgIpc) is 2.69. The molecule has 1 aromatic rings. The van der Waals surface area contributed by atoms with Crippen molar-refractivity contribution < 1.29 is 10.2 Å². The lowest BCUT2D eigenvalue weighted by atomic mass is 9.87. The van der Waals surface area contributed by atoms with Crippen LogP contribution in [0.25, 0.3) is 0 Å². The molecule has 1 aliphatic carbocycles. The summed E-state index contributed by atoms with van der Waals surface area (Å²) in [6.45, 7) is 4.82. The Bertz CT molecular complexity index is 401. The first-order valence-corrected chi connectivity index (χ1v) is 5.15. The van der Waals surface area contributed by atoms with Gasteiger partial charge in [-0.2, -0.15) is 0 Å². The first kappa shape index (κ1) is 10.3. The van der Waals surface area contributed by atoms with Crippen LogP contribution < -0.4 is 5.73 Å². The van der Waals surface area contributed by atoms with E-state index in [2.05, 4.69) is 13.8 Å². The van der Waals surface area contributed by atoms with Crippen molar-refractivity contribution in [3.05, 3.63) is 23.8 Å². The lowest BCUT2D eigenvalue weighted by molar-refractivity contribution is 0.425. The molecule has 1 unspecified atom stereocenters. The van der Waals surface area contributed by atoms with Gasteiger partial charge in [-0.25, -0.2) is 0 Å². The van der Waals surface area contributed by atoms with Gasteiger partial charge < -0.3 is 15.9 Å². The third-order valence-electron chi connectivity index (χ3n) is 3.76. The molecule has 0 amide bonds. The van der Waals surface area contributed by atoms with Gasteiger partial charge >= 0.3 is 0 Å². The van der Waals surface area contributed by atoms with E-state index in [0.717, 1.165) is 12.0 Å². The van der Waals surface area contributed by atoms with E-state index in [0.29, 0.717) is 6.54 Å². The highest BCUT2D eigenvalue weighted by atomic mass is 16.3. The minimum Gasteiger partial charge on any atom is -0.508 e. The maximum absolute atomic E-state index is 9.81. The second-order valence-electron chi connectivity index (χ2n) is 5.05. The first-order valence-electron chi connectivity index (χ1n) is 5.15. The molecule has 0 aromatic heterocycles. The summed E-state index contributed by atoms with van der Waals surface area (Å²) in [6.07, 6.45) is 0.981. The van der Waals surface area contributed by atoms with E-state index in [-0.39, 0.29) is 22.3 Å². The summed E-state index contributed by atoms with van der Waals surface area (Å²) in [5, 5.41) is 19.0. The highest BCUT2D eigenvalue weighted by Gasteiger charge is 2.61. The number of rotatable bonds is 2. The van der Waals surface area contributed by atoms with Gasteiger partial charge in [0, 0.05) is 23.6 Å². The van der Waals surface area contributed by atoms with Crippen molar-refractivity contribution in [2.75, 3.05) is 6.54 Å². The molecule has 0 heterocycles. The van der Waals surface area contributed by atoms with Crippen molar-refractivity contribution in [3.8, 4) is 11.5 Å². The van der Waals surface area contributed by atoms with Gasteiger partial charge in [-0.1, -0.05) is 19.9 Å². The predicted molar refractivity (Wildman–Crippen MR) is 58.9 cm³/mol. The van der Waals surface area contributed by atoms with Gasteiger partial charge in [0.15, 0.2) is 0 Å². The molecule has 1 aromatic carbocycles. The minimum absolute atomic E-state index is 0.0851. The molecule has 1 aliphatic rings. The quantitative estimate of drug-likeness (QED) is 0.691. The van der Waals surface area contributed by atoms with Gasteiger partial charge in [0.1, 0.15) is 11.5 Å². The van der Waals surface area contributed by atoms with Crippen LogP contribution in [0.2, 0.25) is 0 Å². The molecule has 2 rings (SSSR count). The molecule has 3 nitrogen and oxygen atoms in total. The number of hydrogen-bond acceptors (Lipinski definition) is 3. The zero-order valence-corrected chi connectivity index (χ0v) is 9.12. The fourth-order valence-corrected chi connectivity index (χ4v) is 2.55. The maximum Gasteiger partial charge on any atom is 0.123 e. The Kier molecular flexibility index (Phi) is 1.98. The van der Waals surface area contributed by atoms with Gasteiger partial charge in [-0.15, -0.1) is 0 Å². The van der Waals surface area contributed by atoms with Gasteiger partial charge in [0.25, 0.3) is 0 Å². The van der Waals surface area contributed by atoms with Crippen molar-refractivity contribution in [2.24, 2.45) is 11.1 Å². The third-order valence-corrected chi connectivity index (χ3v) is 3.76. The molecule has 3 heteroatoms. The van der Waals surface area contributed by atoms with Crippen molar-refractivity contribution in [2.45, 2.75) is 25.7 Å². The van der Waals surface area contributed by atoms with E-state index < -0.39 is 0 Å². The summed E-state index contributed by atoms with van der Waals surface area (Å²) in [5.74, 6) is 0.230. The molecule has 0 radical (unpaired) electrons. The topological polar surface area (TPSA) is 66.5 Å². The number of benzene rings is 1. The zero-order chi connectivity index (χ0) is 11.3. The summed E-state index contributed by atoms with van der Waals surface area (Å²) in [4.78, 5) is 0. The Morgan fingerprint density at radius 2 is 1.93 bits per heavy atom. The monoisotopic (exact) mass is 207 g/mol. The van der Waals surface area contributed by atoms with Crippen LogP contribution in [0.5, 0.6) is 11.5 Å². The average molecular weight is 207 g/mol. The van der Waals surface area contributed by atoms with Gasteiger partial charge in [-0.05, 0) is 17.9 Å². The van der Waals surface area contributed by atoms with Crippen LogP contribution in [0, 0.1) is 5.41 Å². The zero-order valence-electron chi connectivity index (χ0n) is 9.12. The van der Waals surface area contributed by atoms with Crippen LogP contribution in [0.4, 0.5) is 0 Å². The lowest BCUT2D eigenvalue weighted by Gasteiger charge is -2.20. The summed E-state index contributed by atoms with van der Waals surface area (Å²) in [7, 11) is 0. The lowest BCUT2D eigenvalue weighted by Crippen LogP contribution is -2.25. The minimum atomic E-state index is -0.120. The number of nitrogens with two attached hydrogens (primary N) is 1. The van der Waals surface area contributed by atoms with E-state index >= 15 is 0 Å². The van der Waals surface area contributed by atoms with Gasteiger partial charge in [0.2, 0.25) is 0 Å². The van der Waals surface area contributed by atoms with Crippen LogP contribution >= 0.6 is 0 Å². The Morgan fingerprint density at radius 3 is 2.33 bits per heavy atom. The molecule has 1 atom stereocenters. The maximum atomic E-state index is 9.81. The van der Waals surface area contributed by atoms with Crippen LogP contribution in [-0.4, -0.2) is 16.8 Å². The Morgan fingerprint density at radius 1 is 1.33 bits per heavy atom. The Labute approximate surface area is 89.5 Å². The van der Waals surface area contributed by atoms with Crippen LogP contribution in [0.3, 0.4) is 0 Å². The number of phenolic OH excluding ortho intramolecular Hbond substituents is 2. The smallest absolute Gasteiger partial charge is 0.123 e. The molecule has 1 fully saturated rings. The largest absolute Gasteiger partial charge is 0.508 e. The van der Waals surface area contributed by atoms with Crippen LogP contribution in [0.15, 0.2) is 18.2 Å². The highest BCUT2D eigenvalue weighted by Crippen LogP contribution is 2.65. The van der Waals surface area contributed by atoms with Gasteiger partial charge in [-0.3, -0.25) is 0 Å². The van der Waals surface area contributed by atoms with Crippen molar-refractivity contribution in [1.82, 2.24) is 0 Å². The van der Waals surface area contributed by atoms with Gasteiger partial charge in [0.05, 0.1) is 0 Å². The fourth-order valence-electron chi connectivity index (χ4n) is 2.55.